The Labute approximate surface area is 192 Å². The zero-order valence-electron chi connectivity index (χ0n) is 18.3. The van der Waals surface area contributed by atoms with Crippen molar-refractivity contribution in [3.63, 3.8) is 0 Å². The average Bonchev–Trinajstić information content (AvgIpc) is 2.79. The Hall–Kier alpha value is -3.29. The van der Waals surface area contributed by atoms with Crippen LogP contribution >= 0.6 is 0 Å². The summed E-state index contributed by atoms with van der Waals surface area (Å²) in [5.41, 5.74) is 10.1. The van der Waals surface area contributed by atoms with Crippen molar-refractivity contribution in [2.75, 3.05) is 5.73 Å². The second kappa shape index (κ2) is 8.81. The van der Waals surface area contributed by atoms with E-state index >= 15 is 0 Å². The highest BCUT2D eigenvalue weighted by Crippen LogP contribution is 2.37. The van der Waals surface area contributed by atoms with Crippen LogP contribution in [0.25, 0.3) is 22.6 Å². The molecule has 2 nitrogen and oxygen atoms in total. The van der Waals surface area contributed by atoms with E-state index in [0.29, 0.717) is 23.2 Å². The highest BCUT2D eigenvalue weighted by Gasteiger charge is 2.34. The zero-order valence-corrected chi connectivity index (χ0v) is 18.3. The van der Waals surface area contributed by atoms with Crippen molar-refractivity contribution >= 4 is 28.2 Å². The van der Waals surface area contributed by atoms with Gasteiger partial charge in [0.05, 0.1) is 11.2 Å². The monoisotopic (exact) mass is 476 g/mol. The number of halogens is 6. The summed E-state index contributed by atoms with van der Waals surface area (Å²) in [4.78, 5) is 4.45. The summed E-state index contributed by atoms with van der Waals surface area (Å²) >= 11 is 0. The third kappa shape index (κ3) is 4.95. The van der Waals surface area contributed by atoms with E-state index in [9.17, 15) is 26.3 Å². The maximum Gasteiger partial charge on any atom is 0.412 e. The molecule has 2 aliphatic rings. The molecule has 0 radical (unpaired) electrons. The molecule has 8 heteroatoms. The first-order valence-corrected chi connectivity index (χ1v) is 10.7. The van der Waals surface area contributed by atoms with E-state index in [0.717, 1.165) is 39.8 Å². The molecule has 1 aromatic carbocycles. The number of nitrogens with zero attached hydrogens (tertiary/aromatic N) is 1. The molecular weight excluding hydrogens is 454 g/mol. The lowest BCUT2D eigenvalue weighted by Crippen LogP contribution is -2.13. The molecule has 0 spiro atoms. The van der Waals surface area contributed by atoms with Crippen LogP contribution in [0.2, 0.25) is 0 Å². The van der Waals surface area contributed by atoms with Crippen LogP contribution in [0.4, 0.5) is 32.0 Å². The number of alkyl halides is 6. The largest absolute Gasteiger partial charge is 0.412 e. The van der Waals surface area contributed by atoms with Crippen molar-refractivity contribution in [2.45, 2.75) is 45.0 Å². The molecule has 0 bridgehead atoms. The van der Waals surface area contributed by atoms with E-state index in [1.54, 1.807) is 6.20 Å². The van der Waals surface area contributed by atoms with Crippen molar-refractivity contribution in [3.05, 3.63) is 82.1 Å². The Morgan fingerprint density at radius 2 is 1.53 bits per heavy atom. The van der Waals surface area contributed by atoms with Gasteiger partial charge < -0.3 is 5.73 Å². The van der Waals surface area contributed by atoms with Crippen molar-refractivity contribution in [3.8, 4) is 0 Å². The molecule has 0 amide bonds. The minimum atomic E-state index is -4.31. The van der Waals surface area contributed by atoms with Crippen LogP contribution in [-0.2, 0) is 0 Å². The van der Waals surface area contributed by atoms with Gasteiger partial charge in [-0.1, -0.05) is 36.4 Å². The molecule has 4 rings (SSSR count). The van der Waals surface area contributed by atoms with Gasteiger partial charge >= 0.3 is 12.4 Å². The van der Waals surface area contributed by atoms with Crippen LogP contribution in [-0.4, -0.2) is 17.3 Å². The molecule has 0 unspecified atom stereocenters. The van der Waals surface area contributed by atoms with E-state index in [4.69, 9.17) is 5.73 Å². The lowest BCUT2D eigenvalue weighted by Gasteiger charge is -2.18. The van der Waals surface area contributed by atoms with Gasteiger partial charge in [-0.25, -0.2) is 0 Å². The highest BCUT2D eigenvalue weighted by atomic mass is 19.4. The lowest BCUT2D eigenvalue weighted by molar-refractivity contribution is -0.0949. The summed E-state index contributed by atoms with van der Waals surface area (Å²) in [6, 6.07) is 5.49. The van der Waals surface area contributed by atoms with E-state index < -0.39 is 23.5 Å². The van der Waals surface area contributed by atoms with Crippen molar-refractivity contribution in [1.82, 2.24) is 4.98 Å². The SMILES string of the molecule is C/C(=C\c1ccc2cc(C3=CC=C(C(F)(F)F)CC3)cnc2c1N)C1=CC=C(C(F)(F)F)CC1. The standard InChI is InChI=1S/C26H22F6N2/c1-15(16-4-8-21(9-5-16)25(27,28)29)12-18-2-3-19-13-20(14-34-24(19)23(18)33)17-6-10-22(11-7-17)26(30,31)32/h2-4,6,8,10,12-14H,5,7,9,11,33H2,1H3/b15-12+. The number of allylic oxidation sites excluding steroid dienone is 9. The van der Waals surface area contributed by atoms with Crippen molar-refractivity contribution in [1.29, 1.82) is 0 Å². The smallest absolute Gasteiger partial charge is 0.396 e. The fraction of sp³-hybridized carbons (Fsp3) is 0.269. The van der Waals surface area contributed by atoms with E-state index in [2.05, 4.69) is 4.98 Å². The average molecular weight is 476 g/mol. The van der Waals surface area contributed by atoms with Gasteiger partial charge in [0.2, 0.25) is 0 Å². The van der Waals surface area contributed by atoms with E-state index in [-0.39, 0.29) is 19.3 Å². The first-order valence-electron chi connectivity index (χ1n) is 10.7. The van der Waals surface area contributed by atoms with Crippen molar-refractivity contribution < 1.29 is 26.3 Å². The first-order chi connectivity index (χ1) is 15.9. The molecule has 0 saturated heterocycles. The molecule has 0 fully saturated rings. The number of nitrogen functional groups attached to an aromatic ring is 1. The number of aromatic nitrogens is 1. The first kappa shape index (κ1) is 23.9. The van der Waals surface area contributed by atoms with Gasteiger partial charge in [-0.05, 0) is 72.6 Å². The Morgan fingerprint density at radius 1 is 0.882 bits per heavy atom. The minimum Gasteiger partial charge on any atom is -0.396 e. The fourth-order valence-corrected chi connectivity index (χ4v) is 4.18. The minimum absolute atomic E-state index is 0.0620. The Kier molecular flexibility index (Phi) is 6.18. The second-order valence-corrected chi connectivity index (χ2v) is 8.45. The van der Waals surface area contributed by atoms with E-state index in [1.807, 2.05) is 31.2 Å². The molecule has 0 saturated carbocycles. The summed E-state index contributed by atoms with van der Waals surface area (Å²) in [7, 11) is 0. The Morgan fingerprint density at radius 3 is 2.09 bits per heavy atom. The van der Waals surface area contributed by atoms with Gasteiger partial charge in [0.1, 0.15) is 0 Å². The van der Waals surface area contributed by atoms with Crippen LogP contribution in [0, 0.1) is 0 Å². The number of hydrogen-bond donors (Lipinski definition) is 1. The number of fused-ring (bicyclic) bond motifs is 1. The number of anilines is 1. The Bertz CT molecular complexity index is 1290. The summed E-state index contributed by atoms with van der Waals surface area (Å²) < 4.78 is 77.1. The maximum absolute atomic E-state index is 12.9. The van der Waals surface area contributed by atoms with Crippen LogP contribution in [0.1, 0.15) is 43.7 Å². The van der Waals surface area contributed by atoms with E-state index in [1.165, 1.54) is 12.2 Å². The second-order valence-electron chi connectivity index (χ2n) is 8.45. The number of rotatable bonds is 3. The number of hydrogen-bond acceptors (Lipinski definition) is 2. The summed E-state index contributed by atoms with van der Waals surface area (Å²) in [6.07, 6.45) is 0.447. The summed E-state index contributed by atoms with van der Waals surface area (Å²) in [5.74, 6) is 0. The Balaban J connectivity index is 1.61. The summed E-state index contributed by atoms with van der Waals surface area (Å²) in [5, 5.41) is 0.755. The molecule has 34 heavy (non-hydrogen) atoms. The fourth-order valence-electron chi connectivity index (χ4n) is 4.18. The predicted octanol–water partition coefficient (Wildman–Crippen LogP) is 8.10. The highest BCUT2D eigenvalue weighted by molar-refractivity contribution is 5.95. The number of nitrogens with two attached hydrogens (primary N) is 1. The van der Waals surface area contributed by atoms with Crippen LogP contribution in [0.3, 0.4) is 0 Å². The third-order valence-corrected chi connectivity index (χ3v) is 6.20. The molecule has 2 aliphatic carbocycles. The normalized spacial score (nSPS) is 17.8. The number of pyridine rings is 1. The topological polar surface area (TPSA) is 38.9 Å². The van der Waals surface area contributed by atoms with Gasteiger partial charge in [0.15, 0.2) is 0 Å². The van der Waals surface area contributed by atoms with Gasteiger partial charge in [-0.2, -0.15) is 26.3 Å². The molecule has 0 aliphatic heterocycles. The molecule has 0 atom stereocenters. The lowest BCUT2D eigenvalue weighted by atomic mass is 9.91. The predicted molar refractivity (Wildman–Crippen MR) is 123 cm³/mol. The molecule has 178 valence electrons. The zero-order chi connectivity index (χ0) is 24.7. The molecule has 1 aromatic heterocycles. The molecule has 1 heterocycles. The third-order valence-electron chi connectivity index (χ3n) is 6.20. The summed E-state index contributed by atoms with van der Waals surface area (Å²) in [6.45, 7) is 1.83. The van der Waals surface area contributed by atoms with Gasteiger partial charge in [0, 0.05) is 22.7 Å². The maximum atomic E-state index is 12.9. The van der Waals surface area contributed by atoms with Gasteiger partial charge in [-0.15, -0.1) is 0 Å². The molecule has 2 aromatic rings. The van der Waals surface area contributed by atoms with Crippen LogP contribution in [0.15, 0.2) is 71.0 Å². The van der Waals surface area contributed by atoms with Gasteiger partial charge in [0.25, 0.3) is 0 Å². The van der Waals surface area contributed by atoms with Crippen molar-refractivity contribution in [2.24, 2.45) is 0 Å². The molecular formula is C26H22F6N2. The van der Waals surface area contributed by atoms with Crippen LogP contribution in [0.5, 0.6) is 0 Å². The number of benzene rings is 1. The molecule has 2 N–H and O–H groups in total. The van der Waals surface area contributed by atoms with Crippen LogP contribution < -0.4 is 5.73 Å². The van der Waals surface area contributed by atoms with Gasteiger partial charge in [-0.3, -0.25) is 4.98 Å². The quantitative estimate of drug-likeness (QED) is 0.359.